The fraction of sp³-hybridized carbons (Fsp3) is 0.500. The maximum absolute atomic E-state index is 13.0. The fourth-order valence-electron chi connectivity index (χ4n) is 2.14. The summed E-state index contributed by atoms with van der Waals surface area (Å²) < 4.78 is 39.4. The van der Waals surface area contributed by atoms with Crippen LogP contribution in [0.3, 0.4) is 0 Å². The molecule has 2 unspecified atom stereocenters. The predicted molar refractivity (Wildman–Crippen MR) is 71.6 cm³/mol. The number of hydrogen-bond donors (Lipinski definition) is 1. The van der Waals surface area contributed by atoms with Crippen LogP contribution in [0.2, 0.25) is 0 Å². The third-order valence-electron chi connectivity index (χ3n) is 3.15. The number of rotatable bonds is 4. The van der Waals surface area contributed by atoms with Crippen molar-refractivity contribution in [1.82, 2.24) is 4.72 Å². The van der Waals surface area contributed by atoms with Gasteiger partial charge in [-0.1, -0.05) is 22.0 Å². The summed E-state index contributed by atoms with van der Waals surface area (Å²) in [5.41, 5.74) is 0. The Morgan fingerprint density at radius 1 is 1.39 bits per heavy atom. The van der Waals surface area contributed by atoms with Crippen molar-refractivity contribution in [3.05, 3.63) is 30.1 Å². The zero-order valence-corrected chi connectivity index (χ0v) is 12.2. The molecule has 1 aromatic rings. The topological polar surface area (TPSA) is 46.2 Å². The number of nitrogens with one attached hydrogen (secondary N) is 1. The Morgan fingerprint density at radius 2 is 2.17 bits per heavy atom. The second kappa shape index (κ2) is 5.67. The highest BCUT2D eigenvalue weighted by molar-refractivity contribution is 9.09. The molecule has 0 spiro atoms. The smallest absolute Gasteiger partial charge is 0.211 e. The van der Waals surface area contributed by atoms with E-state index < -0.39 is 15.8 Å². The first-order valence-corrected chi connectivity index (χ1v) is 8.26. The molecule has 0 amide bonds. The predicted octanol–water partition coefficient (Wildman–Crippen LogP) is 2.67. The maximum atomic E-state index is 13.0. The molecule has 2 atom stereocenters. The summed E-state index contributed by atoms with van der Waals surface area (Å²) >= 11 is 3.53. The quantitative estimate of drug-likeness (QED) is 0.860. The molecule has 1 N–H and O–H groups in total. The van der Waals surface area contributed by atoms with Gasteiger partial charge in [0.1, 0.15) is 5.82 Å². The van der Waals surface area contributed by atoms with E-state index in [1.807, 2.05) is 0 Å². The van der Waals surface area contributed by atoms with E-state index in [9.17, 15) is 12.8 Å². The van der Waals surface area contributed by atoms with Crippen molar-refractivity contribution < 1.29 is 12.8 Å². The molecule has 18 heavy (non-hydrogen) atoms. The summed E-state index contributed by atoms with van der Waals surface area (Å²) in [5, 5.41) is 0. The van der Waals surface area contributed by atoms with Gasteiger partial charge < -0.3 is 0 Å². The first kappa shape index (κ1) is 14.0. The van der Waals surface area contributed by atoms with Crippen LogP contribution in [0.25, 0.3) is 0 Å². The Balaban J connectivity index is 1.99. The average molecular weight is 336 g/mol. The molecule has 100 valence electrons. The van der Waals surface area contributed by atoms with Crippen molar-refractivity contribution in [2.45, 2.75) is 29.0 Å². The highest BCUT2D eigenvalue weighted by atomic mass is 79.9. The highest BCUT2D eigenvalue weighted by Crippen LogP contribution is 2.30. The second-order valence-electron chi connectivity index (χ2n) is 4.59. The van der Waals surface area contributed by atoms with Crippen LogP contribution in [0.5, 0.6) is 0 Å². The molecule has 0 aliphatic heterocycles. The number of hydrogen-bond acceptors (Lipinski definition) is 2. The molecule has 0 radical (unpaired) electrons. The minimum absolute atomic E-state index is 0.0177. The highest BCUT2D eigenvalue weighted by Gasteiger charge is 2.24. The van der Waals surface area contributed by atoms with Gasteiger partial charge in [-0.15, -0.1) is 0 Å². The molecular formula is C12H15BrFNO2S. The van der Waals surface area contributed by atoms with E-state index in [0.29, 0.717) is 17.3 Å². The summed E-state index contributed by atoms with van der Waals surface area (Å²) in [6.45, 7) is 0.418. The van der Waals surface area contributed by atoms with E-state index >= 15 is 0 Å². The minimum atomic E-state index is -3.59. The van der Waals surface area contributed by atoms with Gasteiger partial charge in [0.25, 0.3) is 0 Å². The number of sulfonamides is 1. The van der Waals surface area contributed by atoms with Gasteiger partial charge in [-0.2, -0.15) is 0 Å². The summed E-state index contributed by atoms with van der Waals surface area (Å²) in [5.74, 6) is -0.183. The van der Waals surface area contributed by atoms with Gasteiger partial charge in [0.2, 0.25) is 10.0 Å². The third kappa shape index (κ3) is 3.52. The van der Waals surface area contributed by atoms with Crippen LogP contribution in [0.4, 0.5) is 4.39 Å². The molecule has 6 heteroatoms. The molecule has 1 aliphatic rings. The Labute approximate surface area is 115 Å². The summed E-state index contributed by atoms with van der Waals surface area (Å²) in [4.78, 5) is 0.470. The van der Waals surface area contributed by atoms with Crippen LogP contribution in [-0.2, 0) is 10.0 Å². The zero-order chi connectivity index (χ0) is 13.2. The Hall–Kier alpha value is -0.460. The van der Waals surface area contributed by atoms with Crippen molar-refractivity contribution >= 4 is 26.0 Å². The third-order valence-corrected chi connectivity index (χ3v) is 5.40. The summed E-state index contributed by atoms with van der Waals surface area (Å²) in [7, 11) is -3.59. The van der Waals surface area contributed by atoms with Crippen LogP contribution in [-0.4, -0.2) is 19.8 Å². The van der Waals surface area contributed by atoms with E-state index in [4.69, 9.17) is 0 Å². The van der Waals surface area contributed by atoms with Gasteiger partial charge in [0.05, 0.1) is 4.90 Å². The Bertz CT molecular complexity index is 521. The molecule has 3 nitrogen and oxygen atoms in total. The van der Waals surface area contributed by atoms with E-state index in [1.54, 1.807) is 0 Å². The first-order chi connectivity index (χ1) is 8.47. The average Bonchev–Trinajstić information content (AvgIpc) is 2.73. The van der Waals surface area contributed by atoms with Crippen molar-refractivity contribution in [3.8, 4) is 0 Å². The minimum Gasteiger partial charge on any atom is -0.211 e. The lowest BCUT2D eigenvalue weighted by atomic mass is 10.1. The van der Waals surface area contributed by atoms with E-state index in [1.165, 1.54) is 18.2 Å². The van der Waals surface area contributed by atoms with Crippen molar-refractivity contribution in [2.24, 2.45) is 5.92 Å². The van der Waals surface area contributed by atoms with Gasteiger partial charge in [-0.05, 0) is 43.4 Å². The van der Waals surface area contributed by atoms with Crippen molar-refractivity contribution in [3.63, 3.8) is 0 Å². The molecule has 0 bridgehead atoms. The normalized spacial score (nSPS) is 24.3. The number of alkyl halides is 1. The lowest BCUT2D eigenvalue weighted by Crippen LogP contribution is -2.28. The molecule has 1 saturated carbocycles. The van der Waals surface area contributed by atoms with Crippen LogP contribution >= 0.6 is 15.9 Å². The summed E-state index contributed by atoms with van der Waals surface area (Å²) in [6, 6.07) is 5.05. The molecule has 0 saturated heterocycles. The summed E-state index contributed by atoms with van der Waals surface area (Å²) in [6.07, 6.45) is 3.07. The van der Waals surface area contributed by atoms with E-state index in [-0.39, 0.29) is 4.90 Å². The molecule has 0 heterocycles. The molecule has 1 aromatic carbocycles. The standard InChI is InChI=1S/C12H15BrFNO2S/c13-10-5-4-9(6-10)8-15-18(16,17)12-3-1-2-11(14)7-12/h1-3,7,9-10,15H,4-6,8H2. The Morgan fingerprint density at radius 3 is 2.78 bits per heavy atom. The van der Waals surface area contributed by atoms with Gasteiger partial charge in [0, 0.05) is 11.4 Å². The number of benzene rings is 1. The van der Waals surface area contributed by atoms with E-state index in [0.717, 1.165) is 25.3 Å². The lowest BCUT2D eigenvalue weighted by Gasteiger charge is -2.11. The van der Waals surface area contributed by atoms with Gasteiger partial charge in [0.15, 0.2) is 0 Å². The zero-order valence-electron chi connectivity index (χ0n) is 9.77. The first-order valence-electron chi connectivity index (χ1n) is 5.86. The lowest BCUT2D eigenvalue weighted by molar-refractivity contribution is 0.520. The van der Waals surface area contributed by atoms with Crippen molar-refractivity contribution in [2.75, 3.05) is 6.54 Å². The van der Waals surface area contributed by atoms with Crippen LogP contribution in [0.15, 0.2) is 29.2 Å². The molecule has 1 aliphatic carbocycles. The molecule has 1 fully saturated rings. The second-order valence-corrected chi connectivity index (χ2v) is 7.65. The largest absolute Gasteiger partial charge is 0.240 e. The van der Waals surface area contributed by atoms with Crippen molar-refractivity contribution in [1.29, 1.82) is 0 Å². The monoisotopic (exact) mass is 335 g/mol. The van der Waals surface area contributed by atoms with Crippen LogP contribution in [0, 0.1) is 11.7 Å². The van der Waals surface area contributed by atoms with E-state index in [2.05, 4.69) is 20.7 Å². The fourth-order valence-corrected chi connectivity index (χ4v) is 4.08. The molecular weight excluding hydrogens is 321 g/mol. The van der Waals surface area contributed by atoms with Crippen LogP contribution < -0.4 is 4.72 Å². The van der Waals surface area contributed by atoms with Gasteiger partial charge >= 0.3 is 0 Å². The SMILES string of the molecule is O=S(=O)(NCC1CCC(Br)C1)c1cccc(F)c1. The number of halogens is 2. The van der Waals surface area contributed by atoms with Gasteiger partial charge in [-0.25, -0.2) is 17.5 Å². The molecule has 2 rings (SSSR count). The van der Waals surface area contributed by atoms with Crippen LogP contribution in [0.1, 0.15) is 19.3 Å². The van der Waals surface area contributed by atoms with Gasteiger partial charge in [-0.3, -0.25) is 0 Å². The maximum Gasteiger partial charge on any atom is 0.240 e. The molecule has 0 aromatic heterocycles. The Kier molecular flexibility index (Phi) is 4.40.